The molecule has 0 N–H and O–H groups in total. The zero-order valence-corrected chi connectivity index (χ0v) is 21.9. The molecule has 2 fully saturated rings. The molecular formula is C21H32Cl2HfSi. The van der Waals surface area contributed by atoms with Crippen molar-refractivity contribution in [2.45, 2.75) is 52.1 Å². The molecule has 4 unspecified atom stereocenters. The van der Waals surface area contributed by atoms with E-state index in [0.717, 1.165) is 30.1 Å². The summed E-state index contributed by atoms with van der Waals surface area (Å²) in [7, 11) is 0. The first-order chi connectivity index (χ1) is 11.1. The molecule has 0 amide bonds. The van der Waals surface area contributed by atoms with Crippen molar-refractivity contribution in [1.29, 1.82) is 0 Å². The molecule has 0 heterocycles. The standard InChI is InChI=1S/C13H17.C6H7.C2H6Si.2ClH.Hf/c1-3-7-12-10(5-1)9-11-6-2-4-8-13(11)12;1-6-4-2-3-5-6;1-3-2;;;/h1,3,5,7,9-13H,2,4,6,8H2;2,4H,3H2,1H3;1-2H3;2*1H;/q2*-1;;;;+2. The van der Waals surface area contributed by atoms with Gasteiger partial charge in [0.25, 0.3) is 0 Å². The van der Waals surface area contributed by atoms with Gasteiger partial charge in [-0.05, 0) is 5.92 Å². The van der Waals surface area contributed by atoms with Gasteiger partial charge in [0.1, 0.15) is 0 Å². The summed E-state index contributed by atoms with van der Waals surface area (Å²) in [6.45, 7) is 6.72. The zero-order chi connectivity index (χ0) is 16.7. The Morgan fingerprint density at radius 3 is 2.32 bits per heavy atom. The molecule has 0 spiro atoms. The van der Waals surface area contributed by atoms with E-state index in [1.807, 2.05) is 0 Å². The van der Waals surface area contributed by atoms with E-state index in [2.05, 4.69) is 69.0 Å². The molecule has 2 saturated carbocycles. The van der Waals surface area contributed by atoms with Crippen molar-refractivity contribution in [1.82, 2.24) is 0 Å². The smallest absolute Gasteiger partial charge is 0.147 e. The van der Waals surface area contributed by atoms with Crippen LogP contribution in [0.25, 0.3) is 0 Å². The topological polar surface area (TPSA) is 0 Å². The largest absolute Gasteiger partial charge is 0.147 e. The van der Waals surface area contributed by atoms with Crippen LogP contribution >= 0.6 is 24.8 Å². The minimum absolute atomic E-state index is 0. The molecule has 4 heteroatoms. The van der Waals surface area contributed by atoms with Gasteiger partial charge >= 0.3 is 41.6 Å². The molecule has 25 heavy (non-hydrogen) atoms. The molecule has 4 aliphatic rings. The van der Waals surface area contributed by atoms with Crippen LogP contribution in [0.15, 0.2) is 42.0 Å². The summed E-state index contributed by atoms with van der Waals surface area (Å²) >= 11 is 1.45. The van der Waals surface area contributed by atoms with Crippen LogP contribution in [0.2, 0.25) is 13.1 Å². The third-order valence-corrected chi connectivity index (χ3v) is 4.93. The average molecular weight is 562 g/mol. The van der Waals surface area contributed by atoms with Gasteiger partial charge in [0.2, 0.25) is 0 Å². The third kappa shape index (κ3) is 8.91. The Bertz CT molecular complexity index is 515. The Balaban J connectivity index is 0.000000410. The van der Waals surface area contributed by atoms with E-state index < -0.39 is 0 Å². The molecule has 0 radical (unpaired) electrons. The van der Waals surface area contributed by atoms with E-state index in [9.17, 15) is 0 Å². The second kappa shape index (κ2) is 13.7. The van der Waals surface area contributed by atoms with Crippen LogP contribution in [0.3, 0.4) is 0 Å². The molecule has 0 nitrogen and oxygen atoms in total. The first-order valence-electron chi connectivity index (χ1n) is 9.03. The van der Waals surface area contributed by atoms with Crippen LogP contribution in [-0.2, 0) is 23.0 Å². The van der Waals surface area contributed by atoms with E-state index in [1.54, 1.807) is 0 Å². The van der Waals surface area contributed by atoms with Gasteiger partial charge in [-0.2, -0.15) is 12.0 Å². The summed E-state index contributed by atoms with van der Waals surface area (Å²) in [5.74, 6) is 3.56. The summed E-state index contributed by atoms with van der Waals surface area (Å²) in [5, 5.41) is 0. The zero-order valence-electron chi connectivity index (χ0n) is 15.7. The summed E-state index contributed by atoms with van der Waals surface area (Å²) in [6, 6.07) is 0. The Labute approximate surface area is 182 Å². The minimum Gasteiger partial charge on any atom is -0.147 e. The second-order valence-corrected chi connectivity index (χ2v) is 20.0. The van der Waals surface area contributed by atoms with E-state index in [4.69, 9.17) is 0 Å². The Kier molecular flexibility index (Phi) is 14.1. The van der Waals surface area contributed by atoms with Gasteiger partial charge in [-0.15, -0.1) is 43.2 Å². The van der Waals surface area contributed by atoms with Crippen molar-refractivity contribution in [3.63, 3.8) is 0 Å². The van der Waals surface area contributed by atoms with Crippen LogP contribution in [0.1, 0.15) is 39.0 Å². The fourth-order valence-corrected chi connectivity index (χ4v) is 3.97. The fourth-order valence-electron chi connectivity index (χ4n) is 3.97. The number of rotatable bonds is 0. The van der Waals surface area contributed by atoms with E-state index in [-0.39, 0.29) is 30.3 Å². The van der Waals surface area contributed by atoms with Gasteiger partial charge < -0.3 is 6.42 Å². The SMILES string of the molecule is C1=CC2[CH-]C3CCCCC3C2C=C1.CC1=[C-]CC=C1.C[Si](C)=[Hf+2].Cl.Cl. The number of fused-ring (bicyclic) bond motifs is 3. The molecule has 0 aromatic heterocycles. The maximum atomic E-state index is 3.12. The number of halogens is 2. The van der Waals surface area contributed by atoms with Crippen molar-refractivity contribution in [2.75, 3.05) is 0 Å². The molecule has 4 rings (SSSR count). The summed E-state index contributed by atoms with van der Waals surface area (Å²) in [4.78, 5) is 0. The van der Waals surface area contributed by atoms with Gasteiger partial charge in [-0.3, -0.25) is 6.08 Å². The summed E-state index contributed by atoms with van der Waals surface area (Å²) < 4.78 is 0. The number of allylic oxidation sites excluding steroid dienone is 8. The van der Waals surface area contributed by atoms with Crippen LogP contribution in [-0.4, -0.2) is 5.49 Å². The molecule has 0 aromatic rings. The average Bonchev–Trinajstić information content (AvgIpc) is 3.13. The molecule has 0 aromatic carbocycles. The minimum atomic E-state index is 0. The number of hydrogen-bond acceptors (Lipinski definition) is 0. The van der Waals surface area contributed by atoms with Crippen LogP contribution in [0, 0.1) is 36.2 Å². The van der Waals surface area contributed by atoms with Crippen molar-refractivity contribution in [3.05, 3.63) is 54.5 Å². The summed E-state index contributed by atoms with van der Waals surface area (Å²) in [5.41, 5.74) is 1.53. The van der Waals surface area contributed by atoms with E-state index in [1.165, 1.54) is 54.3 Å². The Morgan fingerprint density at radius 2 is 1.76 bits per heavy atom. The van der Waals surface area contributed by atoms with Gasteiger partial charge in [-0.25, -0.2) is 11.6 Å². The first-order valence-corrected chi connectivity index (χ1v) is 16.9. The molecular weight excluding hydrogens is 530 g/mol. The molecule has 138 valence electrons. The molecule has 0 aliphatic heterocycles. The third-order valence-electron chi connectivity index (χ3n) is 4.93. The van der Waals surface area contributed by atoms with Gasteiger partial charge in [-0.1, -0.05) is 56.8 Å². The van der Waals surface area contributed by atoms with Crippen LogP contribution in [0.5, 0.6) is 0 Å². The Morgan fingerprint density at radius 1 is 1.12 bits per heavy atom. The maximum Gasteiger partial charge on any atom is -0.147 e. The van der Waals surface area contributed by atoms with Gasteiger partial charge in [0.15, 0.2) is 0 Å². The fraction of sp³-hybridized carbons (Fsp3) is 0.571. The van der Waals surface area contributed by atoms with Crippen LogP contribution < -0.4 is 0 Å². The van der Waals surface area contributed by atoms with Crippen molar-refractivity contribution < 1.29 is 23.0 Å². The van der Waals surface area contributed by atoms with Crippen molar-refractivity contribution in [3.8, 4) is 0 Å². The molecule has 0 bridgehead atoms. The predicted molar refractivity (Wildman–Crippen MR) is 113 cm³/mol. The summed E-state index contributed by atoms with van der Waals surface area (Å²) in [6.07, 6.45) is 26.1. The predicted octanol–water partition coefficient (Wildman–Crippen LogP) is 6.69. The molecule has 0 saturated heterocycles. The normalized spacial score (nSPS) is 30.2. The second-order valence-electron chi connectivity index (χ2n) is 7.20. The van der Waals surface area contributed by atoms with E-state index in [0.29, 0.717) is 0 Å². The van der Waals surface area contributed by atoms with Crippen molar-refractivity contribution >= 4 is 30.3 Å². The first kappa shape index (κ1) is 25.6. The molecule has 4 atom stereocenters. The van der Waals surface area contributed by atoms with Gasteiger partial charge in [0, 0.05) is 0 Å². The Hall–Kier alpha value is 0.627. The monoisotopic (exact) mass is 562 g/mol. The van der Waals surface area contributed by atoms with Gasteiger partial charge in [0.05, 0.1) is 0 Å². The number of hydrogen-bond donors (Lipinski definition) is 0. The van der Waals surface area contributed by atoms with E-state index >= 15 is 0 Å². The maximum absolute atomic E-state index is 3.12. The molecule has 4 aliphatic carbocycles. The van der Waals surface area contributed by atoms with Crippen LogP contribution in [0.4, 0.5) is 0 Å². The van der Waals surface area contributed by atoms with Crippen molar-refractivity contribution in [2.24, 2.45) is 23.7 Å². The quantitative estimate of drug-likeness (QED) is 0.228.